The topological polar surface area (TPSA) is 32.8 Å². The molecule has 0 aliphatic carbocycles. The number of hydrogen-bond donors (Lipinski definition) is 0. The van der Waals surface area contributed by atoms with Gasteiger partial charge in [0.05, 0.1) is 0 Å². The molecule has 2 saturated heterocycles. The summed E-state index contributed by atoms with van der Waals surface area (Å²) in [7, 11) is 0. The highest BCUT2D eigenvalue weighted by atomic mass is 19.1. The summed E-state index contributed by atoms with van der Waals surface area (Å²) < 4.78 is 18.7. The van der Waals surface area contributed by atoms with Crippen molar-refractivity contribution in [3.05, 3.63) is 71.6 Å². The van der Waals surface area contributed by atoms with Gasteiger partial charge in [-0.15, -0.1) is 0 Å². The number of carbonyl (C=O) groups is 1. The average molecular weight is 423 g/mol. The highest BCUT2D eigenvalue weighted by Gasteiger charge is 2.26. The SMILES string of the molecule is O=C(C=Cc1ccc(OCc2ccc(F)cc2)cc1)N1CCC(N2CCCCC2)CC1. The fourth-order valence-corrected chi connectivity index (χ4v) is 4.43. The first-order chi connectivity index (χ1) is 15.2. The number of nitrogens with zero attached hydrogens (tertiary/aromatic N) is 2. The Hall–Kier alpha value is -2.66. The molecule has 1 amide bonds. The minimum Gasteiger partial charge on any atom is -0.489 e. The van der Waals surface area contributed by atoms with Crippen molar-refractivity contribution in [2.24, 2.45) is 0 Å². The van der Waals surface area contributed by atoms with E-state index < -0.39 is 0 Å². The van der Waals surface area contributed by atoms with Crippen molar-refractivity contribution in [2.45, 2.75) is 44.8 Å². The summed E-state index contributed by atoms with van der Waals surface area (Å²) in [4.78, 5) is 17.2. The monoisotopic (exact) mass is 422 g/mol. The molecular weight excluding hydrogens is 391 g/mol. The third-order valence-corrected chi connectivity index (χ3v) is 6.30. The molecule has 2 aliphatic heterocycles. The molecule has 2 aromatic carbocycles. The fraction of sp³-hybridized carbons (Fsp3) is 0.423. The van der Waals surface area contributed by atoms with Gasteiger partial charge in [0.25, 0.3) is 0 Å². The third-order valence-electron chi connectivity index (χ3n) is 6.30. The van der Waals surface area contributed by atoms with Crippen LogP contribution in [0.4, 0.5) is 4.39 Å². The van der Waals surface area contributed by atoms with E-state index in [0.29, 0.717) is 12.6 Å². The Morgan fingerprint density at radius 2 is 1.61 bits per heavy atom. The smallest absolute Gasteiger partial charge is 0.246 e. The van der Waals surface area contributed by atoms with Gasteiger partial charge in [-0.2, -0.15) is 0 Å². The lowest BCUT2D eigenvalue weighted by Gasteiger charge is -2.40. The molecule has 2 aliphatic rings. The van der Waals surface area contributed by atoms with Gasteiger partial charge in [-0.25, -0.2) is 4.39 Å². The van der Waals surface area contributed by atoms with Gasteiger partial charge in [-0.05, 0) is 80.2 Å². The molecule has 0 aromatic heterocycles. The van der Waals surface area contributed by atoms with E-state index in [1.165, 1.54) is 44.5 Å². The lowest BCUT2D eigenvalue weighted by molar-refractivity contribution is -0.127. The molecule has 0 spiro atoms. The van der Waals surface area contributed by atoms with Crippen LogP contribution in [0.2, 0.25) is 0 Å². The molecule has 164 valence electrons. The van der Waals surface area contributed by atoms with Crippen molar-refractivity contribution in [2.75, 3.05) is 26.2 Å². The molecule has 0 N–H and O–H groups in total. The van der Waals surface area contributed by atoms with Crippen LogP contribution in [0.1, 0.15) is 43.2 Å². The number of halogens is 1. The summed E-state index contributed by atoms with van der Waals surface area (Å²) in [6.07, 6.45) is 9.70. The fourth-order valence-electron chi connectivity index (χ4n) is 4.43. The second kappa shape index (κ2) is 10.6. The molecule has 0 unspecified atom stereocenters. The Kier molecular flexibility index (Phi) is 7.36. The Labute approximate surface area is 184 Å². The summed E-state index contributed by atoms with van der Waals surface area (Å²) in [6, 6.07) is 14.6. The van der Waals surface area contributed by atoms with Crippen molar-refractivity contribution in [1.29, 1.82) is 0 Å². The summed E-state index contributed by atoms with van der Waals surface area (Å²) >= 11 is 0. The minimum atomic E-state index is -0.249. The zero-order valence-electron chi connectivity index (χ0n) is 18.0. The van der Waals surface area contributed by atoms with Gasteiger partial charge in [-0.1, -0.05) is 30.7 Å². The van der Waals surface area contributed by atoms with Crippen LogP contribution in [0, 0.1) is 5.82 Å². The molecule has 0 bridgehead atoms. The van der Waals surface area contributed by atoms with E-state index in [-0.39, 0.29) is 11.7 Å². The number of ether oxygens (including phenoxy) is 1. The van der Waals surface area contributed by atoms with Gasteiger partial charge >= 0.3 is 0 Å². The number of amides is 1. The van der Waals surface area contributed by atoms with Crippen molar-refractivity contribution in [3.8, 4) is 5.75 Å². The number of hydrogen-bond acceptors (Lipinski definition) is 3. The molecule has 2 fully saturated rings. The maximum atomic E-state index is 13.0. The van der Waals surface area contributed by atoms with Crippen molar-refractivity contribution in [3.63, 3.8) is 0 Å². The summed E-state index contributed by atoms with van der Waals surface area (Å²) in [5.74, 6) is 0.585. The van der Waals surface area contributed by atoms with Crippen LogP contribution < -0.4 is 4.74 Å². The first-order valence-corrected chi connectivity index (χ1v) is 11.4. The molecule has 31 heavy (non-hydrogen) atoms. The lowest BCUT2D eigenvalue weighted by Crippen LogP contribution is -2.47. The number of rotatable bonds is 6. The van der Waals surface area contributed by atoms with Crippen LogP contribution in [-0.4, -0.2) is 47.9 Å². The number of carbonyl (C=O) groups excluding carboxylic acids is 1. The van der Waals surface area contributed by atoms with Gasteiger partial charge in [0.2, 0.25) is 5.91 Å². The van der Waals surface area contributed by atoms with Crippen molar-refractivity contribution in [1.82, 2.24) is 9.80 Å². The number of likely N-dealkylation sites (tertiary alicyclic amines) is 2. The second-order valence-electron chi connectivity index (χ2n) is 8.47. The third kappa shape index (κ3) is 6.17. The Morgan fingerprint density at radius 1 is 0.935 bits per heavy atom. The molecular formula is C26H31FN2O2. The number of benzene rings is 2. The quantitative estimate of drug-likeness (QED) is 0.621. The largest absolute Gasteiger partial charge is 0.489 e. The van der Waals surface area contributed by atoms with Gasteiger partial charge in [-0.3, -0.25) is 4.79 Å². The van der Waals surface area contributed by atoms with E-state index in [0.717, 1.165) is 42.8 Å². The van der Waals surface area contributed by atoms with E-state index >= 15 is 0 Å². The summed E-state index contributed by atoms with van der Waals surface area (Å²) in [6.45, 7) is 4.53. The Morgan fingerprint density at radius 3 is 2.29 bits per heavy atom. The molecule has 4 rings (SSSR count). The molecule has 0 atom stereocenters. The number of piperidine rings is 2. The zero-order valence-corrected chi connectivity index (χ0v) is 18.0. The summed E-state index contributed by atoms with van der Waals surface area (Å²) in [5, 5.41) is 0. The lowest BCUT2D eigenvalue weighted by atomic mass is 10.00. The molecule has 0 radical (unpaired) electrons. The predicted octanol–water partition coefficient (Wildman–Crippen LogP) is 4.89. The highest BCUT2D eigenvalue weighted by Crippen LogP contribution is 2.21. The molecule has 2 aromatic rings. The van der Waals surface area contributed by atoms with Gasteiger partial charge in [0.15, 0.2) is 0 Å². The van der Waals surface area contributed by atoms with Crippen molar-refractivity contribution < 1.29 is 13.9 Å². The molecule has 4 nitrogen and oxygen atoms in total. The van der Waals surface area contributed by atoms with E-state index in [2.05, 4.69) is 4.90 Å². The van der Waals surface area contributed by atoms with Crippen LogP contribution in [0.3, 0.4) is 0 Å². The highest BCUT2D eigenvalue weighted by molar-refractivity contribution is 5.91. The van der Waals surface area contributed by atoms with Crippen LogP contribution in [0.5, 0.6) is 5.75 Å². The zero-order chi connectivity index (χ0) is 21.5. The van der Waals surface area contributed by atoms with E-state index in [1.54, 1.807) is 18.2 Å². The van der Waals surface area contributed by atoms with Gasteiger partial charge < -0.3 is 14.5 Å². The molecule has 0 saturated carbocycles. The normalized spacial score (nSPS) is 18.4. The second-order valence-corrected chi connectivity index (χ2v) is 8.47. The van der Waals surface area contributed by atoms with Crippen LogP contribution in [0.15, 0.2) is 54.6 Å². The maximum Gasteiger partial charge on any atom is 0.246 e. The van der Waals surface area contributed by atoms with Gasteiger partial charge in [0, 0.05) is 25.2 Å². The maximum absolute atomic E-state index is 13.0. The average Bonchev–Trinajstić information content (AvgIpc) is 2.83. The molecule has 5 heteroatoms. The minimum absolute atomic E-state index is 0.0914. The van der Waals surface area contributed by atoms with Gasteiger partial charge in [0.1, 0.15) is 18.2 Å². The van der Waals surface area contributed by atoms with Crippen molar-refractivity contribution >= 4 is 12.0 Å². The van der Waals surface area contributed by atoms with Crippen LogP contribution in [0.25, 0.3) is 6.08 Å². The van der Waals surface area contributed by atoms with Crippen LogP contribution >= 0.6 is 0 Å². The first kappa shape index (κ1) is 21.6. The van der Waals surface area contributed by atoms with E-state index in [9.17, 15) is 9.18 Å². The first-order valence-electron chi connectivity index (χ1n) is 11.4. The Balaban J connectivity index is 1.22. The van der Waals surface area contributed by atoms with Crippen LogP contribution in [-0.2, 0) is 11.4 Å². The standard InChI is InChI=1S/C26H31FN2O2/c27-23-9-4-22(5-10-23)20-31-25-11-6-21(7-12-25)8-13-26(30)29-18-14-24(15-19-29)28-16-2-1-3-17-28/h4-13,24H,1-3,14-20H2. The Bertz CT molecular complexity index is 865. The summed E-state index contributed by atoms with van der Waals surface area (Å²) in [5.41, 5.74) is 1.88. The molecule has 2 heterocycles. The van der Waals surface area contributed by atoms with E-state index in [1.807, 2.05) is 35.2 Å². The van der Waals surface area contributed by atoms with E-state index in [4.69, 9.17) is 4.74 Å². The predicted molar refractivity (Wildman–Crippen MR) is 121 cm³/mol.